The second-order valence-corrected chi connectivity index (χ2v) is 14.6. The van der Waals surface area contributed by atoms with Gasteiger partial charge >= 0.3 is 0 Å². The van der Waals surface area contributed by atoms with Crippen molar-refractivity contribution in [2.24, 2.45) is 5.41 Å². The summed E-state index contributed by atoms with van der Waals surface area (Å²) in [7, 11) is -4.18. The minimum atomic E-state index is -4.18. The molecule has 2 amide bonds. The Morgan fingerprint density at radius 1 is 0.875 bits per heavy atom. The zero-order chi connectivity index (χ0) is 34.5. The number of rotatable bonds is 11. The van der Waals surface area contributed by atoms with E-state index in [0.717, 1.165) is 39.0 Å². The van der Waals surface area contributed by atoms with Crippen molar-refractivity contribution in [3.63, 3.8) is 0 Å². The molecule has 2 unspecified atom stereocenters. The molecule has 0 bridgehead atoms. The number of anilines is 1. The summed E-state index contributed by atoms with van der Waals surface area (Å²) >= 11 is 0. The van der Waals surface area contributed by atoms with Crippen LogP contribution in [-0.4, -0.2) is 37.1 Å². The van der Waals surface area contributed by atoms with E-state index in [0.29, 0.717) is 11.3 Å². The van der Waals surface area contributed by atoms with Crippen LogP contribution < -0.4 is 10.6 Å². The van der Waals surface area contributed by atoms with Crippen molar-refractivity contribution in [1.82, 2.24) is 5.32 Å². The van der Waals surface area contributed by atoms with Crippen molar-refractivity contribution in [3.05, 3.63) is 131 Å². The molecule has 3 N–H and O–H groups in total. The highest BCUT2D eigenvalue weighted by Crippen LogP contribution is 2.35. The first kappa shape index (κ1) is 34.3. The van der Waals surface area contributed by atoms with Crippen LogP contribution in [0, 0.1) is 5.41 Å². The molecule has 8 nitrogen and oxygen atoms in total. The smallest absolute Gasteiger partial charge is 0.266 e. The number of carbonyl (C=O) groups is 2. The molecular formula is C39H40N2O6S. The molecule has 2 atom stereocenters. The zero-order valence-corrected chi connectivity index (χ0v) is 28.3. The molecule has 0 saturated carbocycles. The molecule has 48 heavy (non-hydrogen) atoms. The summed E-state index contributed by atoms with van der Waals surface area (Å²) in [6.45, 7) is 8.18. The number of furan rings is 1. The van der Waals surface area contributed by atoms with Gasteiger partial charge in [-0.3, -0.25) is 14.1 Å². The van der Waals surface area contributed by atoms with Crippen LogP contribution in [-0.2, 0) is 14.9 Å². The highest BCUT2D eigenvalue weighted by Gasteiger charge is 2.28. The first-order valence-electron chi connectivity index (χ1n) is 15.8. The third-order valence-electron chi connectivity index (χ3n) is 8.06. The van der Waals surface area contributed by atoms with E-state index in [-0.39, 0.29) is 23.8 Å². The van der Waals surface area contributed by atoms with E-state index < -0.39 is 27.7 Å². The Morgan fingerprint density at radius 3 is 2.15 bits per heavy atom. The van der Waals surface area contributed by atoms with Gasteiger partial charge < -0.3 is 15.1 Å². The Balaban J connectivity index is 1.37. The van der Waals surface area contributed by atoms with Crippen LogP contribution in [0.15, 0.2) is 114 Å². The Kier molecular flexibility index (Phi) is 10.3. The summed E-state index contributed by atoms with van der Waals surface area (Å²) in [5, 5.41) is 6.62. The number of fused-ring (bicyclic) bond motifs is 1. The number of nitrogens with one attached hydrogen (secondary N) is 2. The number of amides is 2. The maximum Gasteiger partial charge on any atom is 0.266 e. The molecule has 1 aromatic heterocycles. The lowest BCUT2D eigenvalue weighted by molar-refractivity contribution is -0.118. The summed E-state index contributed by atoms with van der Waals surface area (Å²) < 4.78 is 36.9. The lowest BCUT2D eigenvalue weighted by Gasteiger charge is -2.25. The number of hydrogen-bond acceptors (Lipinski definition) is 5. The number of para-hydroxylation sites is 1. The molecule has 0 aliphatic heterocycles. The van der Waals surface area contributed by atoms with Gasteiger partial charge in [0.2, 0.25) is 5.91 Å². The van der Waals surface area contributed by atoms with E-state index in [1.54, 1.807) is 24.3 Å². The van der Waals surface area contributed by atoms with E-state index >= 15 is 0 Å². The second kappa shape index (κ2) is 14.4. The fourth-order valence-electron chi connectivity index (χ4n) is 5.42. The quantitative estimate of drug-likeness (QED) is 0.122. The van der Waals surface area contributed by atoms with Crippen LogP contribution >= 0.6 is 0 Å². The number of allylic oxidation sites excluding steroid dienone is 1. The molecule has 0 spiro atoms. The highest BCUT2D eigenvalue weighted by molar-refractivity contribution is 7.85. The molecule has 248 valence electrons. The average Bonchev–Trinajstić information content (AvgIpc) is 3.48. The van der Waals surface area contributed by atoms with Gasteiger partial charge in [-0.2, -0.15) is 8.42 Å². The molecule has 0 aliphatic rings. The van der Waals surface area contributed by atoms with Crippen molar-refractivity contribution in [2.75, 3.05) is 17.6 Å². The first-order valence-corrected chi connectivity index (χ1v) is 17.4. The van der Waals surface area contributed by atoms with Gasteiger partial charge in [0.05, 0.1) is 11.7 Å². The average molecular weight is 665 g/mol. The van der Waals surface area contributed by atoms with Crippen molar-refractivity contribution in [3.8, 4) is 11.3 Å². The highest BCUT2D eigenvalue weighted by atomic mass is 32.2. The summed E-state index contributed by atoms with van der Waals surface area (Å²) in [6, 6.07) is 32.2. The van der Waals surface area contributed by atoms with Crippen LogP contribution in [0.3, 0.4) is 0 Å². The van der Waals surface area contributed by atoms with Crippen molar-refractivity contribution in [1.29, 1.82) is 0 Å². The Hall–Kier alpha value is -4.99. The minimum absolute atomic E-state index is 0.0369. The topological polar surface area (TPSA) is 126 Å². The van der Waals surface area contributed by atoms with Gasteiger partial charge in [-0.1, -0.05) is 94.4 Å². The third-order valence-corrected chi connectivity index (χ3v) is 8.78. The fourth-order valence-corrected chi connectivity index (χ4v) is 5.78. The molecule has 0 saturated heterocycles. The molecule has 4 aromatic carbocycles. The predicted octanol–water partition coefficient (Wildman–Crippen LogP) is 8.30. The van der Waals surface area contributed by atoms with Crippen LogP contribution in [0.25, 0.3) is 28.4 Å². The van der Waals surface area contributed by atoms with Gasteiger partial charge in [0.25, 0.3) is 16.0 Å². The van der Waals surface area contributed by atoms with Crippen LogP contribution in [0.5, 0.6) is 0 Å². The molecule has 0 aliphatic carbocycles. The largest absolute Gasteiger partial charge is 0.456 e. The standard InChI is InChI=1S/C39H40N2O6S/c1-26(28-13-15-31(16-14-28)37(42)40-23-24-48(44,45)46)36(30-11-9-27(10-12-30)21-22-39(2,3)4)38(43)41-33-19-17-29(18-20-33)35-25-32-7-5-6-8-34(32)47-35/h5-22,25-26,36H,23-24H2,1-4H3,(H,40,42)(H,41,43)(H,44,45,46)/b22-21+. The first-order chi connectivity index (χ1) is 22.8. The molecule has 0 radical (unpaired) electrons. The van der Waals surface area contributed by atoms with Crippen molar-refractivity contribution >= 4 is 44.7 Å². The molecule has 5 rings (SSSR count). The van der Waals surface area contributed by atoms with Gasteiger partial charge in [0.1, 0.15) is 11.3 Å². The number of benzene rings is 4. The predicted molar refractivity (Wildman–Crippen MR) is 192 cm³/mol. The minimum Gasteiger partial charge on any atom is -0.456 e. The fraction of sp³-hybridized carbons (Fsp3) is 0.231. The Labute approximate surface area is 281 Å². The Bertz CT molecular complexity index is 1990. The van der Waals surface area contributed by atoms with Crippen molar-refractivity contribution in [2.45, 2.75) is 39.5 Å². The van der Waals surface area contributed by atoms with Crippen LogP contribution in [0.1, 0.15) is 66.6 Å². The molecule has 1 heterocycles. The van der Waals surface area contributed by atoms with Gasteiger partial charge in [-0.25, -0.2) is 0 Å². The third kappa shape index (κ3) is 9.08. The van der Waals surface area contributed by atoms with Crippen molar-refractivity contribution < 1.29 is 27.0 Å². The van der Waals surface area contributed by atoms with E-state index in [2.05, 4.69) is 43.6 Å². The van der Waals surface area contributed by atoms with E-state index in [4.69, 9.17) is 8.97 Å². The zero-order valence-electron chi connectivity index (χ0n) is 27.4. The maximum absolute atomic E-state index is 14.0. The van der Waals surface area contributed by atoms with Gasteiger partial charge in [0, 0.05) is 28.7 Å². The maximum atomic E-state index is 14.0. The molecule has 9 heteroatoms. The lowest BCUT2D eigenvalue weighted by Crippen LogP contribution is -2.29. The summed E-state index contributed by atoms with van der Waals surface area (Å²) in [6.07, 6.45) is 4.22. The molecular weight excluding hydrogens is 625 g/mol. The summed E-state index contributed by atoms with van der Waals surface area (Å²) in [5.74, 6) is -1.29. The molecule has 5 aromatic rings. The van der Waals surface area contributed by atoms with Gasteiger partial charge in [-0.05, 0) is 76.6 Å². The van der Waals surface area contributed by atoms with Gasteiger partial charge in [-0.15, -0.1) is 0 Å². The monoisotopic (exact) mass is 664 g/mol. The van der Waals surface area contributed by atoms with E-state index in [9.17, 15) is 18.0 Å². The van der Waals surface area contributed by atoms with Crippen LogP contribution in [0.4, 0.5) is 5.69 Å². The summed E-state index contributed by atoms with van der Waals surface area (Å²) in [4.78, 5) is 26.6. The number of carbonyl (C=O) groups excluding carboxylic acids is 2. The summed E-state index contributed by atoms with van der Waals surface area (Å²) in [5.41, 5.74) is 5.46. The van der Waals surface area contributed by atoms with E-state index in [1.807, 2.05) is 85.8 Å². The normalized spacial score (nSPS) is 13.4. The van der Waals surface area contributed by atoms with E-state index in [1.165, 1.54) is 0 Å². The van der Waals surface area contributed by atoms with Gasteiger partial charge in [0.15, 0.2) is 0 Å². The second-order valence-electron chi connectivity index (χ2n) is 13.0. The lowest BCUT2D eigenvalue weighted by atomic mass is 9.81. The van der Waals surface area contributed by atoms with Crippen LogP contribution in [0.2, 0.25) is 0 Å². The number of hydrogen-bond donors (Lipinski definition) is 3. The molecule has 0 fully saturated rings. The Morgan fingerprint density at radius 2 is 1.52 bits per heavy atom. The SMILES string of the molecule is CC(c1ccc(C(=O)NCCS(=O)(=O)O)cc1)C(C(=O)Nc1ccc(-c2cc3ccccc3o2)cc1)c1ccc(/C=C/C(C)(C)C)cc1.